The van der Waals surface area contributed by atoms with Gasteiger partial charge in [0.05, 0.1) is 12.7 Å². The minimum absolute atomic E-state index is 0.128. The molecule has 0 unspecified atom stereocenters. The fourth-order valence-corrected chi connectivity index (χ4v) is 4.33. The summed E-state index contributed by atoms with van der Waals surface area (Å²) in [5.74, 6) is 1.13. The van der Waals surface area contributed by atoms with Crippen molar-refractivity contribution in [2.75, 3.05) is 25.5 Å². The first-order valence-electron chi connectivity index (χ1n) is 10.7. The van der Waals surface area contributed by atoms with Crippen molar-refractivity contribution in [3.63, 3.8) is 0 Å². The lowest BCUT2D eigenvalue weighted by molar-refractivity contribution is 0.0937. The smallest absolute Gasteiger partial charge is 0.255 e. The normalized spacial score (nSPS) is 17.5. The number of amides is 1. The zero-order chi connectivity index (χ0) is 21.7. The molecular formula is C25H28N4O2. The highest BCUT2D eigenvalue weighted by Crippen LogP contribution is 2.38. The van der Waals surface area contributed by atoms with Crippen LogP contribution in [-0.2, 0) is 18.3 Å². The van der Waals surface area contributed by atoms with E-state index in [2.05, 4.69) is 39.9 Å². The van der Waals surface area contributed by atoms with Crippen LogP contribution in [0.1, 0.15) is 40.5 Å². The van der Waals surface area contributed by atoms with Gasteiger partial charge in [0.2, 0.25) is 5.95 Å². The highest BCUT2D eigenvalue weighted by Gasteiger charge is 2.37. The molecule has 1 aliphatic carbocycles. The zero-order valence-corrected chi connectivity index (χ0v) is 18.0. The molecule has 4 rings (SSSR count). The van der Waals surface area contributed by atoms with E-state index in [9.17, 15) is 4.79 Å². The number of rotatable bonds is 7. The maximum atomic E-state index is 13.0. The van der Waals surface area contributed by atoms with Gasteiger partial charge in [-0.1, -0.05) is 42.5 Å². The van der Waals surface area contributed by atoms with E-state index in [0.717, 1.165) is 37.1 Å². The number of carbonyl (C=O) groups excluding carboxylic acids is 1. The van der Waals surface area contributed by atoms with Gasteiger partial charge in [-0.15, -0.1) is 0 Å². The lowest BCUT2D eigenvalue weighted by Crippen LogP contribution is -2.45. The second-order valence-electron chi connectivity index (χ2n) is 7.90. The summed E-state index contributed by atoms with van der Waals surface area (Å²) in [7, 11) is 1.58. The first kappa shape index (κ1) is 20.8. The minimum Gasteiger partial charge on any atom is -0.496 e. The topological polar surface area (TPSA) is 76.1 Å². The average Bonchev–Trinajstić information content (AvgIpc) is 2.83. The molecule has 1 aromatic heterocycles. The Balaban J connectivity index is 1.61. The first-order valence-corrected chi connectivity index (χ1v) is 10.7. The standard InChI is InChI=1S/C25H28N4O2/c1-3-26-24-27-16-18-15-25(14-13-21(18)29-24,19-9-5-4-6-10-19)17-28-23(30)20-11-7-8-12-22(20)31-2/h4-12,16H,3,13-15,17H2,1-2H3,(H,28,30)(H,26,27,29)/t25-/m1/s1. The van der Waals surface area contributed by atoms with Crippen molar-refractivity contribution in [1.82, 2.24) is 15.3 Å². The minimum atomic E-state index is -0.213. The van der Waals surface area contributed by atoms with Gasteiger partial charge >= 0.3 is 0 Å². The number of ether oxygens (including phenoxy) is 1. The fraction of sp³-hybridized carbons (Fsp3) is 0.320. The lowest BCUT2D eigenvalue weighted by atomic mass is 9.68. The summed E-state index contributed by atoms with van der Waals surface area (Å²) in [5.41, 5.74) is 3.78. The van der Waals surface area contributed by atoms with Crippen molar-refractivity contribution in [2.24, 2.45) is 0 Å². The molecule has 0 spiro atoms. The highest BCUT2D eigenvalue weighted by atomic mass is 16.5. The number of aryl methyl sites for hydroxylation is 1. The van der Waals surface area contributed by atoms with E-state index >= 15 is 0 Å². The van der Waals surface area contributed by atoms with Crippen LogP contribution in [0.15, 0.2) is 60.8 Å². The molecule has 31 heavy (non-hydrogen) atoms. The molecule has 1 heterocycles. The fourth-order valence-electron chi connectivity index (χ4n) is 4.33. The Labute approximate surface area is 183 Å². The number of aromatic nitrogens is 2. The molecule has 6 nitrogen and oxygen atoms in total. The van der Waals surface area contributed by atoms with Gasteiger partial charge in [0.15, 0.2) is 0 Å². The van der Waals surface area contributed by atoms with Crippen LogP contribution in [0.4, 0.5) is 5.95 Å². The molecule has 0 bridgehead atoms. The monoisotopic (exact) mass is 416 g/mol. The van der Waals surface area contributed by atoms with Crippen LogP contribution in [0, 0.1) is 0 Å². The molecule has 0 fully saturated rings. The Morgan fingerprint density at radius 1 is 1.13 bits per heavy atom. The number of methoxy groups -OCH3 is 1. The Morgan fingerprint density at radius 2 is 1.90 bits per heavy atom. The third kappa shape index (κ3) is 4.38. The number of fused-ring (bicyclic) bond motifs is 1. The third-order valence-corrected chi connectivity index (χ3v) is 5.98. The molecule has 6 heteroatoms. The van der Waals surface area contributed by atoms with Gasteiger partial charge in [0, 0.05) is 30.4 Å². The van der Waals surface area contributed by atoms with Crippen LogP contribution in [0.2, 0.25) is 0 Å². The molecule has 0 saturated carbocycles. The molecule has 2 aromatic carbocycles. The van der Waals surface area contributed by atoms with Crippen LogP contribution in [0.5, 0.6) is 5.75 Å². The quantitative estimate of drug-likeness (QED) is 0.613. The summed E-state index contributed by atoms with van der Waals surface area (Å²) in [6.45, 7) is 3.36. The summed E-state index contributed by atoms with van der Waals surface area (Å²) < 4.78 is 5.36. The SMILES string of the molecule is CCNc1ncc2c(n1)CC[C@@](CNC(=O)c1ccccc1OC)(c1ccccc1)C2. The van der Waals surface area contributed by atoms with Gasteiger partial charge in [-0.05, 0) is 49.4 Å². The molecule has 1 aliphatic rings. The Hall–Kier alpha value is -3.41. The number of carbonyl (C=O) groups is 1. The van der Waals surface area contributed by atoms with Crippen LogP contribution in [0.25, 0.3) is 0 Å². The van der Waals surface area contributed by atoms with Crippen LogP contribution < -0.4 is 15.4 Å². The number of para-hydroxylation sites is 1. The van der Waals surface area contributed by atoms with Gasteiger partial charge < -0.3 is 15.4 Å². The van der Waals surface area contributed by atoms with E-state index in [1.807, 2.05) is 31.3 Å². The van der Waals surface area contributed by atoms with E-state index in [1.165, 1.54) is 5.56 Å². The van der Waals surface area contributed by atoms with E-state index in [1.54, 1.807) is 19.2 Å². The largest absolute Gasteiger partial charge is 0.496 e. The molecule has 1 amide bonds. The summed E-state index contributed by atoms with van der Waals surface area (Å²) in [6.07, 6.45) is 4.46. The molecule has 2 N–H and O–H groups in total. The summed E-state index contributed by atoms with van der Waals surface area (Å²) in [4.78, 5) is 22.2. The summed E-state index contributed by atoms with van der Waals surface area (Å²) in [6, 6.07) is 17.7. The molecule has 0 saturated heterocycles. The van der Waals surface area contributed by atoms with E-state index < -0.39 is 0 Å². The number of nitrogens with one attached hydrogen (secondary N) is 2. The predicted octanol–water partition coefficient (Wildman–Crippen LogP) is 3.77. The van der Waals surface area contributed by atoms with Crippen LogP contribution in [0.3, 0.4) is 0 Å². The number of hydrogen-bond donors (Lipinski definition) is 2. The number of nitrogens with zero attached hydrogens (tertiary/aromatic N) is 2. The zero-order valence-electron chi connectivity index (χ0n) is 18.0. The van der Waals surface area contributed by atoms with Gasteiger partial charge in [0.25, 0.3) is 5.91 Å². The number of benzene rings is 2. The second kappa shape index (κ2) is 9.16. The molecule has 0 radical (unpaired) electrons. The summed E-state index contributed by atoms with van der Waals surface area (Å²) >= 11 is 0. The first-order chi connectivity index (χ1) is 15.1. The van der Waals surface area contributed by atoms with Crippen molar-refractivity contribution in [3.05, 3.63) is 83.2 Å². The highest BCUT2D eigenvalue weighted by molar-refractivity contribution is 5.97. The Bertz CT molecular complexity index is 1050. The molecule has 1 atom stereocenters. The Morgan fingerprint density at radius 3 is 2.68 bits per heavy atom. The molecule has 0 aliphatic heterocycles. The van der Waals surface area contributed by atoms with Gasteiger partial charge in [-0.3, -0.25) is 4.79 Å². The molecular weight excluding hydrogens is 388 g/mol. The predicted molar refractivity (Wildman–Crippen MR) is 122 cm³/mol. The van der Waals surface area contributed by atoms with Crippen molar-refractivity contribution < 1.29 is 9.53 Å². The van der Waals surface area contributed by atoms with Gasteiger partial charge in [0.1, 0.15) is 5.75 Å². The van der Waals surface area contributed by atoms with Gasteiger partial charge in [-0.25, -0.2) is 9.97 Å². The third-order valence-electron chi connectivity index (χ3n) is 5.98. The van der Waals surface area contributed by atoms with E-state index in [0.29, 0.717) is 23.8 Å². The van der Waals surface area contributed by atoms with Crippen molar-refractivity contribution >= 4 is 11.9 Å². The summed E-state index contributed by atoms with van der Waals surface area (Å²) in [5, 5.41) is 6.36. The Kier molecular flexibility index (Phi) is 6.16. The van der Waals surface area contributed by atoms with E-state index in [4.69, 9.17) is 9.72 Å². The van der Waals surface area contributed by atoms with Crippen LogP contribution >= 0.6 is 0 Å². The maximum absolute atomic E-state index is 13.0. The lowest BCUT2D eigenvalue weighted by Gasteiger charge is -2.38. The van der Waals surface area contributed by atoms with Crippen LogP contribution in [-0.4, -0.2) is 36.1 Å². The number of hydrogen-bond acceptors (Lipinski definition) is 5. The van der Waals surface area contributed by atoms with Crippen molar-refractivity contribution in [1.29, 1.82) is 0 Å². The average molecular weight is 417 g/mol. The molecule has 160 valence electrons. The van der Waals surface area contributed by atoms with Crippen molar-refractivity contribution in [2.45, 2.75) is 31.6 Å². The van der Waals surface area contributed by atoms with E-state index in [-0.39, 0.29) is 11.3 Å². The second-order valence-corrected chi connectivity index (χ2v) is 7.90. The molecule has 3 aromatic rings. The van der Waals surface area contributed by atoms with Crippen molar-refractivity contribution in [3.8, 4) is 5.75 Å². The van der Waals surface area contributed by atoms with Gasteiger partial charge in [-0.2, -0.15) is 0 Å². The maximum Gasteiger partial charge on any atom is 0.255 e. The number of anilines is 1.